The van der Waals surface area contributed by atoms with E-state index < -0.39 is 5.97 Å². The molecule has 0 atom stereocenters. The van der Waals surface area contributed by atoms with Gasteiger partial charge in [-0.3, -0.25) is 4.79 Å². The zero-order valence-corrected chi connectivity index (χ0v) is 11.8. The van der Waals surface area contributed by atoms with Crippen molar-refractivity contribution in [1.82, 2.24) is 4.90 Å². The van der Waals surface area contributed by atoms with Crippen LogP contribution in [-0.2, 0) is 4.79 Å². The zero-order chi connectivity index (χ0) is 14.7. The number of piperidine rings is 1. The Morgan fingerprint density at radius 2 is 1.90 bits per heavy atom. The number of nitrogens with zero attached hydrogens (tertiary/aromatic N) is 1. The highest BCUT2D eigenvalue weighted by Gasteiger charge is 2.27. The number of aryl methyl sites for hydroxylation is 1. The number of hydrogen-bond donors (Lipinski definition) is 2. The minimum Gasteiger partial charge on any atom is -0.481 e. The average Bonchev–Trinajstić information content (AvgIpc) is 2.44. The van der Waals surface area contributed by atoms with Crippen LogP contribution in [0.5, 0.6) is 0 Å². The number of carboxylic acids is 1. The molecule has 2 N–H and O–H groups in total. The molecule has 0 unspecified atom stereocenters. The summed E-state index contributed by atoms with van der Waals surface area (Å²) in [4.78, 5) is 24.7. The van der Waals surface area contributed by atoms with Crippen LogP contribution in [0.3, 0.4) is 0 Å². The topological polar surface area (TPSA) is 69.6 Å². The monoisotopic (exact) mass is 276 g/mol. The zero-order valence-electron chi connectivity index (χ0n) is 11.8. The van der Waals surface area contributed by atoms with Crippen molar-refractivity contribution < 1.29 is 14.7 Å². The standard InChI is InChI=1S/C15H20N2O3/c1-10-4-3-5-13(11(10)2)16-15(20)17-8-6-12(7-9-17)14(18)19/h3-5,12H,6-9H2,1-2H3,(H,16,20)(H,18,19). The number of hydrogen-bond acceptors (Lipinski definition) is 2. The second kappa shape index (κ2) is 5.94. The molecule has 0 saturated carbocycles. The van der Waals surface area contributed by atoms with Gasteiger partial charge in [0.2, 0.25) is 0 Å². The molecule has 1 aromatic carbocycles. The normalized spacial score (nSPS) is 16.0. The summed E-state index contributed by atoms with van der Waals surface area (Å²) in [6.07, 6.45) is 1.05. The average molecular weight is 276 g/mol. The molecule has 0 spiro atoms. The second-order valence-corrected chi connectivity index (χ2v) is 5.28. The minimum atomic E-state index is -0.764. The molecule has 0 aliphatic carbocycles. The number of carboxylic acid groups (broad SMARTS) is 1. The molecule has 0 aromatic heterocycles. The van der Waals surface area contributed by atoms with E-state index in [2.05, 4.69) is 5.32 Å². The van der Waals surface area contributed by atoms with Crippen LogP contribution in [0.15, 0.2) is 18.2 Å². The molecule has 1 saturated heterocycles. The number of aliphatic carboxylic acids is 1. The molecule has 1 fully saturated rings. The van der Waals surface area contributed by atoms with Crippen LogP contribution in [0.25, 0.3) is 0 Å². The van der Waals surface area contributed by atoms with Crippen LogP contribution in [-0.4, -0.2) is 35.1 Å². The Balaban J connectivity index is 1.96. The lowest BCUT2D eigenvalue weighted by Crippen LogP contribution is -2.42. The Bertz CT molecular complexity index is 520. The van der Waals surface area contributed by atoms with Crippen LogP contribution in [0.2, 0.25) is 0 Å². The van der Waals surface area contributed by atoms with Crippen LogP contribution in [0, 0.1) is 19.8 Å². The van der Waals surface area contributed by atoms with Crippen molar-refractivity contribution in [2.45, 2.75) is 26.7 Å². The molecule has 0 bridgehead atoms. The van der Waals surface area contributed by atoms with Gasteiger partial charge in [-0.2, -0.15) is 0 Å². The largest absolute Gasteiger partial charge is 0.481 e. The molecule has 1 aliphatic rings. The second-order valence-electron chi connectivity index (χ2n) is 5.28. The van der Waals surface area contributed by atoms with E-state index in [1.165, 1.54) is 0 Å². The Kier molecular flexibility index (Phi) is 4.27. The number of anilines is 1. The summed E-state index contributed by atoms with van der Waals surface area (Å²) < 4.78 is 0. The molecule has 2 amide bonds. The lowest BCUT2D eigenvalue weighted by Gasteiger charge is -2.30. The van der Waals surface area contributed by atoms with E-state index in [9.17, 15) is 9.59 Å². The first-order valence-corrected chi connectivity index (χ1v) is 6.84. The first-order valence-electron chi connectivity index (χ1n) is 6.84. The highest BCUT2D eigenvalue weighted by Crippen LogP contribution is 2.21. The first-order chi connectivity index (χ1) is 9.49. The fourth-order valence-electron chi connectivity index (χ4n) is 2.41. The summed E-state index contributed by atoms with van der Waals surface area (Å²) in [5.74, 6) is -1.08. The van der Waals surface area contributed by atoms with Crippen molar-refractivity contribution in [2.24, 2.45) is 5.92 Å². The van der Waals surface area contributed by atoms with Gasteiger partial charge in [0.1, 0.15) is 0 Å². The summed E-state index contributed by atoms with van der Waals surface area (Å²) in [6.45, 7) is 4.96. The molecule has 1 aliphatic heterocycles. The predicted molar refractivity (Wildman–Crippen MR) is 76.9 cm³/mol. The van der Waals surface area contributed by atoms with E-state index in [4.69, 9.17) is 5.11 Å². The number of rotatable bonds is 2. The summed E-state index contributed by atoms with van der Waals surface area (Å²) in [5.41, 5.74) is 3.00. The molecule has 20 heavy (non-hydrogen) atoms. The SMILES string of the molecule is Cc1cccc(NC(=O)N2CCC(C(=O)O)CC2)c1C. The van der Waals surface area contributed by atoms with Gasteiger partial charge in [-0.25, -0.2) is 4.79 Å². The van der Waals surface area contributed by atoms with E-state index in [-0.39, 0.29) is 11.9 Å². The van der Waals surface area contributed by atoms with Crippen LogP contribution in [0.1, 0.15) is 24.0 Å². The van der Waals surface area contributed by atoms with Crippen LogP contribution in [0.4, 0.5) is 10.5 Å². The van der Waals surface area contributed by atoms with Crippen LogP contribution < -0.4 is 5.32 Å². The van der Waals surface area contributed by atoms with Crippen molar-refractivity contribution in [1.29, 1.82) is 0 Å². The maximum Gasteiger partial charge on any atom is 0.321 e. The fraction of sp³-hybridized carbons (Fsp3) is 0.467. The van der Waals surface area contributed by atoms with Crippen molar-refractivity contribution in [3.05, 3.63) is 29.3 Å². The van der Waals surface area contributed by atoms with Crippen molar-refractivity contribution in [3.63, 3.8) is 0 Å². The number of carbonyl (C=O) groups excluding carboxylic acids is 1. The van der Waals surface area contributed by atoms with Gasteiger partial charge in [0.15, 0.2) is 0 Å². The van der Waals surface area contributed by atoms with E-state index >= 15 is 0 Å². The smallest absolute Gasteiger partial charge is 0.321 e. The number of carbonyl (C=O) groups is 2. The molecule has 0 radical (unpaired) electrons. The molecule has 2 rings (SSSR count). The summed E-state index contributed by atoms with van der Waals surface area (Å²) in [5, 5.41) is 11.9. The van der Waals surface area contributed by atoms with E-state index in [1.54, 1.807) is 4.90 Å². The van der Waals surface area contributed by atoms with Crippen molar-refractivity contribution >= 4 is 17.7 Å². The third kappa shape index (κ3) is 3.10. The highest BCUT2D eigenvalue weighted by molar-refractivity contribution is 5.90. The lowest BCUT2D eigenvalue weighted by molar-refractivity contribution is -0.143. The highest BCUT2D eigenvalue weighted by atomic mass is 16.4. The van der Waals surface area contributed by atoms with Gasteiger partial charge in [-0.15, -0.1) is 0 Å². The summed E-state index contributed by atoms with van der Waals surface area (Å²) in [7, 11) is 0. The summed E-state index contributed by atoms with van der Waals surface area (Å²) >= 11 is 0. The fourth-order valence-corrected chi connectivity index (χ4v) is 2.41. The number of likely N-dealkylation sites (tertiary alicyclic amines) is 1. The quantitative estimate of drug-likeness (QED) is 0.872. The number of urea groups is 1. The van der Waals surface area contributed by atoms with Gasteiger partial charge in [-0.05, 0) is 43.9 Å². The van der Waals surface area contributed by atoms with Gasteiger partial charge in [0.05, 0.1) is 5.92 Å². The number of amides is 2. The maximum absolute atomic E-state index is 12.2. The predicted octanol–water partition coefficient (Wildman–Crippen LogP) is 2.63. The molecule has 1 aromatic rings. The van der Waals surface area contributed by atoms with Gasteiger partial charge in [0, 0.05) is 18.8 Å². The molecule has 1 heterocycles. The molecule has 5 heteroatoms. The molecule has 5 nitrogen and oxygen atoms in total. The van der Waals surface area contributed by atoms with Gasteiger partial charge in [0.25, 0.3) is 0 Å². The lowest BCUT2D eigenvalue weighted by atomic mass is 9.97. The Labute approximate surface area is 118 Å². The van der Waals surface area contributed by atoms with Crippen molar-refractivity contribution in [3.8, 4) is 0 Å². The Morgan fingerprint density at radius 3 is 2.50 bits per heavy atom. The van der Waals surface area contributed by atoms with Gasteiger partial charge in [-0.1, -0.05) is 12.1 Å². The minimum absolute atomic E-state index is 0.150. The van der Waals surface area contributed by atoms with Crippen molar-refractivity contribution in [2.75, 3.05) is 18.4 Å². The Morgan fingerprint density at radius 1 is 1.25 bits per heavy atom. The molecule has 108 valence electrons. The third-order valence-electron chi connectivity index (χ3n) is 3.98. The Hall–Kier alpha value is -2.04. The number of nitrogens with one attached hydrogen (secondary N) is 1. The third-order valence-corrected chi connectivity index (χ3v) is 3.98. The molecular formula is C15H20N2O3. The maximum atomic E-state index is 12.2. The molecular weight excluding hydrogens is 256 g/mol. The van der Waals surface area contributed by atoms with E-state index in [0.717, 1.165) is 16.8 Å². The first kappa shape index (κ1) is 14.4. The van der Waals surface area contributed by atoms with Crippen LogP contribution >= 0.6 is 0 Å². The van der Waals surface area contributed by atoms with E-state index in [0.29, 0.717) is 25.9 Å². The van der Waals surface area contributed by atoms with Gasteiger partial charge >= 0.3 is 12.0 Å². The van der Waals surface area contributed by atoms with E-state index in [1.807, 2.05) is 32.0 Å². The summed E-state index contributed by atoms with van der Waals surface area (Å²) in [6, 6.07) is 5.64. The van der Waals surface area contributed by atoms with Gasteiger partial charge < -0.3 is 15.3 Å². The number of benzene rings is 1.